The Bertz CT molecular complexity index is 858. The molecule has 0 aromatic heterocycles. The molecule has 0 aliphatic heterocycles. The Morgan fingerprint density at radius 1 is 0.963 bits per heavy atom. The van der Waals surface area contributed by atoms with Crippen LogP contribution in [0.5, 0.6) is 23.0 Å². The van der Waals surface area contributed by atoms with Crippen molar-refractivity contribution in [1.82, 2.24) is 0 Å². The van der Waals surface area contributed by atoms with Crippen molar-refractivity contribution in [2.24, 2.45) is 0 Å². The average Bonchev–Trinajstić information content (AvgIpc) is 2.67. The van der Waals surface area contributed by atoms with Crippen LogP contribution in [0.4, 0.5) is 0 Å². The maximum Gasteiger partial charge on any atom is 0.203 e. The number of phenols is 2. The number of aliphatic hydroxyl groups excluding tert-OH is 1. The minimum Gasteiger partial charge on any atom is -0.507 e. The lowest BCUT2D eigenvalue weighted by molar-refractivity contribution is -0.127. The Hall–Kier alpha value is -2.73. The number of methoxy groups -OCH3 is 2. The van der Waals surface area contributed by atoms with E-state index in [0.29, 0.717) is 41.7 Å². The number of aryl methyl sites for hydroxylation is 1. The van der Waals surface area contributed by atoms with Gasteiger partial charge in [0, 0.05) is 24.0 Å². The summed E-state index contributed by atoms with van der Waals surface area (Å²) >= 11 is 0. The third-order valence-electron chi connectivity index (χ3n) is 4.97. The van der Waals surface area contributed by atoms with E-state index in [1.165, 1.54) is 20.3 Å². The average molecular weight is 372 g/mol. The summed E-state index contributed by atoms with van der Waals surface area (Å²) in [5.74, 6) is 0.356. The number of aliphatic hydroxyl groups is 1. The summed E-state index contributed by atoms with van der Waals surface area (Å²) in [6.07, 6.45) is 1.20. The number of fused-ring (bicyclic) bond motifs is 5. The Labute approximate surface area is 158 Å². The highest BCUT2D eigenvalue weighted by Crippen LogP contribution is 2.48. The number of carbonyl (C=O) groups excluding carboxylic acids is 1. The first kappa shape index (κ1) is 19.0. The van der Waals surface area contributed by atoms with Gasteiger partial charge >= 0.3 is 0 Å². The number of ketones is 1. The fraction of sp³-hybridized carbons (Fsp3) is 0.381. The fourth-order valence-corrected chi connectivity index (χ4v) is 3.51. The molecular formula is C21H24O6. The Kier molecular flexibility index (Phi) is 5.56. The second kappa shape index (κ2) is 7.88. The summed E-state index contributed by atoms with van der Waals surface area (Å²) < 4.78 is 10.8. The number of aromatic hydroxyl groups is 2. The van der Waals surface area contributed by atoms with Crippen LogP contribution in [0, 0.1) is 0 Å². The summed E-state index contributed by atoms with van der Waals surface area (Å²) in [5, 5.41) is 31.2. The van der Waals surface area contributed by atoms with E-state index in [1.54, 1.807) is 18.2 Å². The van der Waals surface area contributed by atoms with Gasteiger partial charge in [-0.3, -0.25) is 4.79 Å². The number of ether oxygens (including phenoxy) is 2. The van der Waals surface area contributed by atoms with Crippen molar-refractivity contribution in [1.29, 1.82) is 0 Å². The summed E-state index contributed by atoms with van der Waals surface area (Å²) in [7, 11) is 2.92. The van der Waals surface area contributed by atoms with Gasteiger partial charge in [0.15, 0.2) is 17.3 Å². The van der Waals surface area contributed by atoms with Crippen molar-refractivity contribution in [3.8, 4) is 34.1 Å². The first-order valence-corrected chi connectivity index (χ1v) is 8.96. The first-order chi connectivity index (χ1) is 13.0. The molecule has 1 aliphatic carbocycles. The highest BCUT2D eigenvalue weighted by Gasteiger charge is 2.24. The molecule has 1 atom stereocenters. The van der Waals surface area contributed by atoms with Crippen LogP contribution < -0.4 is 9.47 Å². The molecule has 0 saturated heterocycles. The molecule has 1 unspecified atom stereocenters. The number of carbonyl (C=O) groups is 1. The monoisotopic (exact) mass is 372 g/mol. The second-order valence-electron chi connectivity index (χ2n) is 6.74. The molecule has 0 fully saturated rings. The van der Waals surface area contributed by atoms with Crippen LogP contribution in [0.25, 0.3) is 11.1 Å². The summed E-state index contributed by atoms with van der Waals surface area (Å²) in [6, 6.07) is 6.72. The number of benzene rings is 2. The number of Topliss-reactive ketones (excluding diaryl/α,β-unsaturated/α-hetero) is 1. The van der Waals surface area contributed by atoms with E-state index in [9.17, 15) is 20.1 Å². The van der Waals surface area contributed by atoms with Crippen LogP contribution in [-0.4, -0.2) is 41.4 Å². The Morgan fingerprint density at radius 2 is 1.67 bits per heavy atom. The molecule has 0 amide bonds. The van der Waals surface area contributed by atoms with E-state index in [1.807, 2.05) is 0 Å². The smallest absolute Gasteiger partial charge is 0.203 e. The van der Waals surface area contributed by atoms with Crippen molar-refractivity contribution in [2.45, 2.75) is 38.2 Å². The first-order valence-electron chi connectivity index (χ1n) is 8.96. The fourth-order valence-electron chi connectivity index (χ4n) is 3.51. The summed E-state index contributed by atoms with van der Waals surface area (Å²) in [4.78, 5) is 12.1. The van der Waals surface area contributed by atoms with Crippen LogP contribution >= 0.6 is 0 Å². The SMILES string of the molecule is COc1c2cc(c(O)c1OC)CCCCC(=O)C(O)Cc1ccc(O)c-2c1. The standard InChI is InChI=1S/C21H24O6/c1-26-20-15-11-13(19(25)21(20)27-2)5-3-4-6-17(23)18(24)10-12-7-8-16(22)14(15)9-12/h7-9,11,18,22,24-25H,3-6,10H2,1-2H3. The van der Waals surface area contributed by atoms with E-state index in [0.717, 1.165) is 5.56 Å². The molecule has 2 aromatic carbocycles. The number of hydrogen-bond donors (Lipinski definition) is 3. The minimum absolute atomic E-state index is 0.00465. The molecule has 3 N–H and O–H groups in total. The molecule has 3 rings (SSSR count). The van der Waals surface area contributed by atoms with Gasteiger partial charge in [-0.25, -0.2) is 0 Å². The van der Waals surface area contributed by atoms with Gasteiger partial charge in [-0.1, -0.05) is 6.07 Å². The van der Waals surface area contributed by atoms with Crippen molar-refractivity contribution in [3.63, 3.8) is 0 Å². The third-order valence-corrected chi connectivity index (χ3v) is 4.97. The molecule has 2 aromatic rings. The molecule has 6 nitrogen and oxygen atoms in total. The van der Waals surface area contributed by atoms with Gasteiger partial charge in [0.1, 0.15) is 11.9 Å². The van der Waals surface area contributed by atoms with Crippen LogP contribution in [0.15, 0.2) is 24.3 Å². The number of rotatable bonds is 2. The van der Waals surface area contributed by atoms with Crippen molar-refractivity contribution in [2.75, 3.05) is 14.2 Å². The molecule has 0 spiro atoms. The van der Waals surface area contributed by atoms with Crippen LogP contribution in [0.1, 0.15) is 30.4 Å². The second-order valence-corrected chi connectivity index (χ2v) is 6.74. The van der Waals surface area contributed by atoms with E-state index in [4.69, 9.17) is 9.47 Å². The zero-order valence-electron chi connectivity index (χ0n) is 15.5. The highest BCUT2D eigenvalue weighted by atomic mass is 16.5. The highest BCUT2D eigenvalue weighted by molar-refractivity contribution is 5.84. The molecule has 4 bridgehead atoms. The molecule has 144 valence electrons. The lowest BCUT2D eigenvalue weighted by Gasteiger charge is -2.18. The Morgan fingerprint density at radius 3 is 2.37 bits per heavy atom. The maximum absolute atomic E-state index is 12.1. The molecule has 27 heavy (non-hydrogen) atoms. The van der Waals surface area contributed by atoms with Crippen LogP contribution in [0.3, 0.4) is 0 Å². The zero-order chi connectivity index (χ0) is 19.6. The normalized spacial score (nSPS) is 17.4. The quantitative estimate of drug-likeness (QED) is 0.750. The van der Waals surface area contributed by atoms with E-state index >= 15 is 0 Å². The van der Waals surface area contributed by atoms with Gasteiger partial charge in [0.05, 0.1) is 14.2 Å². The maximum atomic E-state index is 12.1. The van der Waals surface area contributed by atoms with Gasteiger partial charge < -0.3 is 24.8 Å². The van der Waals surface area contributed by atoms with Crippen molar-refractivity contribution >= 4 is 5.78 Å². The van der Waals surface area contributed by atoms with E-state index < -0.39 is 6.10 Å². The lowest BCUT2D eigenvalue weighted by Crippen LogP contribution is -2.22. The molecule has 0 heterocycles. The van der Waals surface area contributed by atoms with Gasteiger partial charge in [-0.2, -0.15) is 0 Å². The molecule has 1 aliphatic rings. The number of hydrogen-bond acceptors (Lipinski definition) is 6. The minimum atomic E-state index is -1.07. The van der Waals surface area contributed by atoms with E-state index in [2.05, 4.69) is 0 Å². The predicted octanol–water partition coefficient (Wildman–Crippen LogP) is 2.98. The summed E-state index contributed by atoms with van der Waals surface area (Å²) in [6.45, 7) is 0. The van der Waals surface area contributed by atoms with Crippen molar-refractivity contribution < 1.29 is 29.6 Å². The largest absolute Gasteiger partial charge is 0.507 e. The molecule has 0 saturated carbocycles. The van der Waals surface area contributed by atoms with Crippen LogP contribution in [-0.2, 0) is 17.6 Å². The third kappa shape index (κ3) is 3.71. The Balaban J connectivity index is 2.24. The topological polar surface area (TPSA) is 96.2 Å². The van der Waals surface area contributed by atoms with Crippen LogP contribution in [0.2, 0.25) is 0 Å². The lowest BCUT2D eigenvalue weighted by atomic mass is 9.95. The van der Waals surface area contributed by atoms with Crippen molar-refractivity contribution in [3.05, 3.63) is 35.4 Å². The molecular weight excluding hydrogens is 348 g/mol. The zero-order valence-corrected chi connectivity index (χ0v) is 15.5. The summed E-state index contributed by atoms with van der Waals surface area (Å²) in [5.41, 5.74) is 2.45. The van der Waals surface area contributed by atoms with Gasteiger partial charge in [0.25, 0.3) is 0 Å². The van der Waals surface area contributed by atoms with Gasteiger partial charge in [0.2, 0.25) is 5.75 Å². The molecule has 0 radical (unpaired) electrons. The van der Waals surface area contributed by atoms with Gasteiger partial charge in [-0.15, -0.1) is 0 Å². The predicted molar refractivity (Wildman–Crippen MR) is 101 cm³/mol. The van der Waals surface area contributed by atoms with Gasteiger partial charge in [-0.05, 0) is 48.6 Å². The number of phenolic OH excluding ortho intramolecular Hbond substituents is 2. The molecule has 6 heteroatoms. The van der Waals surface area contributed by atoms with E-state index in [-0.39, 0.29) is 35.9 Å².